The van der Waals surface area contributed by atoms with Crippen molar-refractivity contribution in [2.75, 3.05) is 19.3 Å². The summed E-state index contributed by atoms with van der Waals surface area (Å²) in [5, 5.41) is 2.59. The average Bonchev–Trinajstić information content (AvgIpc) is 1.85. The summed E-state index contributed by atoms with van der Waals surface area (Å²) in [7, 11) is -1.12. The lowest BCUT2D eigenvalue weighted by atomic mass is 10.3. The molecule has 0 amide bonds. The third-order valence-corrected chi connectivity index (χ3v) is 4.19. The van der Waals surface area contributed by atoms with Crippen LogP contribution in [0.4, 0.5) is 0 Å². The van der Waals surface area contributed by atoms with Crippen molar-refractivity contribution in [3.63, 3.8) is 0 Å². The van der Waals surface area contributed by atoms with Crippen LogP contribution in [0.3, 0.4) is 0 Å². The van der Waals surface area contributed by atoms with Gasteiger partial charge in [-0.25, -0.2) is 8.42 Å². The Morgan fingerprint density at radius 1 is 1.25 bits per heavy atom. The van der Waals surface area contributed by atoms with Gasteiger partial charge in [0, 0.05) is 6.54 Å². The van der Waals surface area contributed by atoms with Crippen LogP contribution in [0.2, 0.25) is 0 Å². The molecule has 0 bridgehead atoms. The first-order valence-corrected chi connectivity index (χ1v) is 5.98. The second-order valence-corrected chi connectivity index (χ2v) is 6.06. The van der Waals surface area contributed by atoms with Crippen LogP contribution in [0.25, 0.3) is 0 Å². The molecule has 12 heavy (non-hydrogen) atoms. The Hall–Kier alpha value is -0.0900. The Balaban J connectivity index is 4.20. The minimum Gasteiger partial charge on any atom is -0.318 e. The predicted octanol–water partition coefficient (Wildman–Crippen LogP) is 0.665. The lowest BCUT2D eigenvalue weighted by Gasteiger charge is -2.13. The van der Waals surface area contributed by atoms with Gasteiger partial charge in [0.05, 0.1) is 11.0 Å². The second kappa shape index (κ2) is 4.82. The van der Waals surface area contributed by atoms with Crippen LogP contribution < -0.4 is 5.32 Å². The molecule has 0 aliphatic carbocycles. The Bertz CT molecular complexity index is 209. The first-order valence-electron chi connectivity index (χ1n) is 4.26. The maximum Gasteiger partial charge on any atom is 0.154 e. The van der Waals surface area contributed by atoms with E-state index in [2.05, 4.69) is 5.32 Å². The van der Waals surface area contributed by atoms with Gasteiger partial charge >= 0.3 is 0 Å². The first kappa shape index (κ1) is 11.9. The fourth-order valence-corrected chi connectivity index (χ4v) is 2.72. The maximum absolute atomic E-state index is 11.5. The third-order valence-electron chi connectivity index (χ3n) is 1.67. The fraction of sp³-hybridized carbons (Fsp3) is 1.00. The molecule has 74 valence electrons. The van der Waals surface area contributed by atoms with Gasteiger partial charge in [0.1, 0.15) is 0 Å². The minimum atomic E-state index is -2.88. The van der Waals surface area contributed by atoms with Gasteiger partial charge in [0.25, 0.3) is 0 Å². The summed E-state index contributed by atoms with van der Waals surface area (Å²) in [5.41, 5.74) is 0. The van der Waals surface area contributed by atoms with Crippen LogP contribution in [-0.4, -0.2) is 33.0 Å². The molecule has 0 fully saturated rings. The quantitative estimate of drug-likeness (QED) is 0.698. The lowest BCUT2D eigenvalue weighted by molar-refractivity contribution is 0.565. The summed E-state index contributed by atoms with van der Waals surface area (Å²) in [5.74, 6) is 0.504. The maximum atomic E-state index is 11.5. The van der Waals surface area contributed by atoms with E-state index in [1.54, 1.807) is 14.0 Å². The summed E-state index contributed by atoms with van der Waals surface area (Å²) in [6.07, 6.45) is 0. The molecule has 0 saturated carbocycles. The van der Waals surface area contributed by atoms with Crippen molar-refractivity contribution < 1.29 is 8.42 Å². The summed E-state index contributed by atoms with van der Waals surface area (Å²) >= 11 is 0. The number of rotatable bonds is 5. The molecule has 0 aliphatic rings. The van der Waals surface area contributed by atoms with Gasteiger partial charge in [0.2, 0.25) is 0 Å². The zero-order valence-corrected chi connectivity index (χ0v) is 9.11. The Kier molecular flexibility index (Phi) is 4.78. The van der Waals surface area contributed by atoms with Gasteiger partial charge in [-0.2, -0.15) is 0 Å². The normalized spacial score (nSPS) is 15.1. The van der Waals surface area contributed by atoms with Crippen molar-refractivity contribution >= 4 is 9.84 Å². The SMILES string of the molecule is CNCC(C)S(=O)(=O)CC(C)C. The molecule has 0 aromatic rings. The topological polar surface area (TPSA) is 46.2 Å². The largest absolute Gasteiger partial charge is 0.318 e. The molecule has 1 unspecified atom stereocenters. The Morgan fingerprint density at radius 3 is 2.08 bits per heavy atom. The van der Waals surface area contributed by atoms with E-state index in [1.165, 1.54) is 0 Å². The fourth-order valence-electron chi connectivity index (χ4n) is 1.04. The van der Waals surface area contributed by atoms with E-state index in [4.69, 9.17) is 0 Å². The van der Waals surface area contributed by atoms with Gasteiger partial charge < -0.3 is 5.32 Å². The summed E-state index contributed by atoms with van der Waals surface area (Å²) in [4.78, 5) is 0. The number of nitrogens with one attached hydrogen (secondary N) is 1. The zero-order chi connectivity index (χ0) is 9.78. The highest BCUT2D eigenvalue weighted by Crippen LogP contribution is 2.06. The zero-order valence-electron chi connectivity index (χ0n) is 8.29. The molecule has 0 rings (SSSR count). The molecule has 1 atom stereocenters. The van der Waals surface area contributed by atoms with E-state index in [1.807, 2.05) is 13.8 Å². The highest BCUT2D eigenvalue weighted by atomic mass is 32.2. The molecule has 0 spiro atoms. The van der Waals surface area contributed by atoms with Crippen molar-refractivity contribution in [2.24, 2.45) is 5.92 Å². The van der Waals surface area contributed by atoms with E-state index in [9.17, 15) is 8.42 Å². The molecule has 0 aromatic heterocycles. The van der Waals surface area contributed by atoms with Crippen LogP contribution >= 0.6 is 0 Å². The van der Waals surface area contributed by atoms with Gasteiger partial charge in [-0.3, -0.25) is 0 Å². The Labute approximate surface area is 75.5 Å². The van der Waals surface area contributed by atoms with Gasteiger partial charge in [-0.1, -0.05) is 13.8 Å². The number of hydrogen-bond acceptors (Lipinski definition) is 3. The average molecular weight is 193 g/mol. The molecule has 1 N–H and O–H groups in total. The predicted molar refractivity (Wildman–Crippen MR) is 52.0 cm³/mol. The highest BCUT2D eigenvalue weighted by Gasteiger charge is 2.20. The second-order valence-electron chi connectivity index (χ2n) is 3.59. The molecule has 0 aromatic carbocycles. The standard InChI is InChI=1S/C8H19NO2S/c1-7(2)6-12(10,11)8(3)5-9-4/h7-9H,5-6H2,1-4H3. The van der Waals surface area contributed by atoms with Crippen molar-refractivity contribution in [3.05, 3.63) is 0 Å². The van der Waals surface area contributed by atoms with E-state index in [-0.39, 0.29) is 16.9 Å². The monoisotopic (exact) mass is 193 g/mol. The summed E-state index contributed by atoms with van der Waals surface area (Å²) in [6, 6.07) is 0. The van der Waals surface area contributed by atoms with Gasteiger partial charge in [-0.05, 0) is 19.9 Å². The van der Waals surface area contributed by atoms with Crippen molar-refractivity contribution in [2.45, 2.75) is 26.0 Å². The number of sulfone groups is 1. The molecule has 0 saturated heterocycles. The van der Waals surface area contributed by atoms with E-state index in [0.717, 1.165) is 0 Å². The molecule has 3 nitrogen and oxygen atoms in total. The van der Waals surface area contributed by atoms with Crippen LogP contribution in [0.5, 0.6) is 0 Å². The molecule has 0 aliphatic heterocycles. The first-order chi connectivity index (χ1) is 5.40. The van der Waals surface area contributed by atoms with Crippen molar-refractivity contribution in [1.82, 2.24) is 5.32 Å². The summed E-state index contributed by atoms with van der Waals surface area (Å²) < 4.78 is 23.0. The van der Waals surface area contributed by atoms with Crippen LogP contribution in [0.1, 0.15) is 20.8 Å². The van der Waals surface area contributed by atoms with Crippen molar-refractivity contribution in [3.8, 4) is 0 Å². The molecule has 4 heteroatoms. The molecular weight excluding hydrogens is 174 g/mol. The van der Waals surface area contributed by atoms with E-state index < -0.39 is 9.84 Å². The van der Waals surface area contributed by atoms with Crippen LogP contribution in [-0.2, 0) is 9.84 Å². The molecule has 0 heterocycles. The smallest absolute Gasteiger partial charge is 0.154 e. The summed E-state index contributed by atoms with van der Waals surface area (Å²) in [6.45, 7) is 6.12. The van der Waals surface area contributed by atoms with E-state index >= 15 is 0 Å². The molecule has 0 radical (unpaired) electrons. The van der Waals surface area contributed by atoms with Gasteiger partial charge in [0.15, 0.2) is 9.84 Å². The van der Waals surface area contributed by atoms with Crippen LogP contribution in [0.15, 0.2) is 0 Å². The van der Waals surface area contributed by atoms with Crippen LogP contribution in [0, 0.1) is 5.92 Å². The van der Waals surface area contributed by atoms with Gasteiger partial charge in [-0.15, -0.1) is 0 Å². The third kappa shape index (κ3) is 4.07. The van der Waals surface area contributed by atoms with E-state index in [0.29, 0.717) is 6.54 Å². The lowest BCUT2D eigenvalue weighted by Crippen LogP contribution is -2.32. The van der Waals surface area contributed by atoms with Crippen molar-refractivity contribution in [1.29, 1.82) is 0 Å². The minimum absolute atomic E-state index is 0.217. The number of hydrogen-bond donors (Lipinski definition) is 1. The highest BCUT2D eigenvalue weighted by molar-refractivity contribution is 7.92. The Morgan fingerprint density at radius 2 is 1.75 bits per heavy atom. The molecular formula is C8H19NO2S.